The van der Waals surface area contributed by atoms with E-state index in [0.717, 1.165) is 217 Å². The molecule has 4 aliphatic heterocycles. The highest BCUT2D eigenvalue weighted by molar-refractivity contribution is 9.10. The largest absolute Gasteiger partial charge is 0.495 e. The number of anilines is 3. The molecule has 0 bridgehead atoms. The van der Waals surface area contributed by atoms with Crippen LogP contribution in [-0.2, 0) is 40.7 Å². The number of aliphatic hydroxyl groups excluding tert-OH is 4. The summed E-state index contributed by atoms with van der Waals surface area (Å²) in [6, 6.07) is 37.6. The third-order valence-electron chi connectivity index (χ3n) is 22.5. The van der Waals surface area contributed by atoms with Gasteiger partial charge in [0.2, 0.25) is 0 Å². The monoisotopic (exact) mass is 2110 g/mol. The van der Waals surface area contributed by atoms with Crippen LogP contribution in [0.1, 0.15) is 79.7 Å². The highest BCUT2D eigenvalue weighted by atomic mass is 79.9. The second kappa shape index (κ2) is 51.4. The number of ether oxygens (including phenoxy) is 6. The van der Waals surface area contributed by atoms with Gasteiger partial charge in [0.25, 0.3) is 0 Å². The normalized spacial score (nSPS) is 14.3. The summed E-state index contributed by atoms with van der Waals surface area (Å²) in [5, 5.41) is 54.5. The van der Waals surface area contributed by atoms with Crippen molar-refractivity contribution in [2.45, 2.75) is 105 Å². The van der Waals surface area contributed by atoms with Crippen LogP contribution in [-0.4, -0.2) is 271 Å². The molecule has 0 atom stereocenters. The van der Waals surface area contributed by atoms with Crippen molar-refractivity contribution in [1.82, 2.24) is 78.2 Å². The number of hydrogen-bond acceptors (Lipinski definition) is 29. The maximum absolute atomic E-state index is 12.1. The Balaban J connectivity index is 0.000000158. The van der Waals surface area contributed by atoms with Gasteiger partial charge < -0.3 is 86.5 Å². The molecule has 0 saturated carbocycles. The molecular formula is C103H126BrCl4N21O13Si. The van der Waals surface area contributed by atoms with Crippen LogP contribution in [0.25, 0.3) is 67.6 Å². The van der Waals surface area contributed by atoms with Gasteiger partial charge in [0.15, 0.2) is 0 Å². The van der Waals surface area contributed by atoms with E-state index in [-0.39, 0.29) is 38.5 Å². The van der Waals surface area contributed by atoms with E-state index in [1.165, 1.54) is 0 Å². The molecule has 14 aromatic rings. The van der Waals surface area contributed by atoms with E-state index in [9.17, 15) is 34.8 Å². The molecule has 4 aromatic carbocycles. The number of nitrogens with zero attached hydrogens (tertiary/aromatic N) is 18. The lowest BCUT2D eigenvalue weighted by Gasteiger charge is -2.36. The van der Waals surface area contributed by atoms with Crippen LogP contribution < -0.4 is 50.2 Å². The Bertz CT molecular complexity index is 6610. The van der Waals surface area contributed by atoms with Crippen molar-refractivity contribution in [2.75, 3.05) is 154 Å². The van der Waals surface area contributed by atoms with Gasteiger partial charge >= 0.3 is 12.1 Å². The fraction of sp³-hybridized carbons (Fsp3) is 0.359. The standard InChI is InChI=1S/C25H25ClN6O2.C25H31ClN4O4.C19H22ClN5O2.C15H12BrClN2O2.C9H19N3O2.C6H5NO.C4H12Si/c1-34-24-12-19(17-33)21(14-22(24)26)23-16-31-7-4-20(13-25(31)29-23)30-8-10-32(11-9-30)28-15-18-2-5-27-6-3-18;1-25(2,3)34-24(32)15-28-7-9-29(10-8-28)18-5-6-30-14-21(27-23(30)12-18)19-13-20(26)22(33-4)11-17(19)16-31;1-27-18-8-13(12-26)15(10-16(18)20)17-11-24-3-2-14(9-19(24)22-17)23-4-6-25(21)7-5-23;1-21-14-4-9(8-20)11(6-12(14)17)13-7-19-3-2-10(16)5-15(19)18-13;1-9(2,3)14-8(13)11-12-6-4-10-5-7-12;8-5-6-1-3-7-4-2-6;1-5(2,3)4/h2-7,12-16,33H,8-11,17H2,1H3;5-6,11-14,31H,7-10,15-16H2,1-4H3;2-3,8-11,26H,4-7,12,21H2,1H3;2-7,20H,8H2,1H3;10H,4-7H2,1-3H3,(H,11,13);1-5H;1-4H3/b28-15-;;;;;;. The fourth-order valence-corrected chi connectivity index (χ4v) is 16.8. The predicted molar refractivity (Wildman–Crippen MR) is 571 cm³/mol. The maximum atomic E-state index is 12.1. The number of esters is 1. The molecule has 8 N–H and O–H groups in total. The van der Waals surface area contributed by atoms with Crippen molar-refractivity contribution < 1.29 is 63.2 Å². The van der Waals surface area contributed by atoms with Gasteiger partial charge in [0.05, 0.1) is 124 Å². The summed E-state index contributed by atoms with van der Waals surface area (Å²) in [7, 11) is 5.59. The average molecular weight is 2120 g/mol. The van der Waals surface area contributed by atoms with E-state index >= 15 is 0 Å². The van der Waals surface area contributed by atoms with Gasteiger partial charge in [-0.25, -0.2) is 34.7 Å². The molecule has 1 amide bonds. The number of aliphatic hydroxyl groups is 4. The van der Waals surface area contributed by atoms with Crippen molar-refractivity contribution in [2.24, 2.45) is 10.9 Å². The number of halogens is 5. The molecule has 10 aromatic heterocycles. The number of piperazine rings is 4. The molecule has 143 heavy (non-hydrogen) atoms. The van der Waals surface area contributed by atoms with Crippen molar-refractivity contribution in [3.05, 3.63) is 254 Å². The molecule has 14 heterocycles. The van der Waals surface area contributed by atoms with Gasteiger partial charge in [-0.2, -0.15) is 5.10 Å². The SMILES string of the molecule is CC(C)(C)OC(=O)NN1CCNCC1.COc1cc(CO)c(-c2cn3ccc(Br)cc3n2)cc1Cl.COc1cc(CO)c(-c2cn3ccc(N4CCN(/N=C\c5ccncc5)CC4)cc3n2)cc1Cl.COc1cc(CO)c(-c2cn3ccc(N4CCN(CC(=O)OC(C)(C)C)CC4)cc3n2)cc1Cl.COc1cc(CO)c(-c2cn3ccc(N4CCN(N)CC4)cc3n2)cc1Cl.C[Si](C)(C)C.O=Cc1ccncc1. The minimum absolute atomic E-state index is 0.111. The Morgan fingerprint density at radius 2 is 0.790 bits per heavy atom. The Kier molecular flexibility index (Phi) is 39.5. The van der Waals surface area contributed by atoms with Crippen LogP contribution in [0.15, 0.2) is 205 Å². The van der Waals surface area contributed by atoms with Crippen molar-refractivity contribution >= 4 is 135 Å². The molecule has 40 heteroatoms. The molecule has 0 unspecified atom stereocenters. The zero-order chi connectivity index (χ0) is 103. The first-order valence-corrected chi connectivity index (χ1v) is 52.9. The fourth-order valence-electron chi connectivity index (χ4n) is 15.5. The number of nitrogens with one attached hydrogen (secondary N) is 2. The number of rotatable bonds is 21. The van der Waals surface area contributed by atoms with Gasteiger partial charge in [-0.3, -0.25) is 40.7 Å². The minimum Gasteiger partial charge on any atom is -0.495 e. The molecule has 0 radical (unpaired) electrons. The summed E-state index contributed by atoms with van der Waals surface area (Å²) in [5.41, 5.74) is 19.1. The molecule has 760 valence electrons. The molecule has 0 aliphatic carbocycles. The van der Waals surface area contributed by atoms with Crippen LogP contribution >= 0.6 is 62.3 Å². The maximum Gasteiger partial charge on any atom is 0.422 e. The number of amides is 1. The molecular weight excluding hydrogens is 1990 g/mol. The number of methoxy groups -OCH3 is 4. The Morgan fingerprint density at radius 1 is 0.462 bits per heavy atom. The first-order valence-electron chi connectivity index (χ1n) is 46.6. The Labute approximate surface area is 862 Å². The van der Waals surface area contributed by atoms with E-state index < -0.39 is 19.3 Å². The second-order valence-electron chi connectivity index (χ2n) is 37.4. The minimum atomic E-state index is -0.611. The molecule has 18 rings (SSSR count). The lowest BCUT2D eigenvalue weighted by molar-refractivity contribution is -0.156. The van der Waals surface area contributed by atoms with Crippen LogP contribution in [0.2, 0.25) is 46.3 Å². The summed E-state index contributed by atoms with van der Waals surface area (Å²) < 4.78 is 40.3. The van der Waals surface area contributed by atoms with Crippen molar-refractivity contribution in [3.8, 4) is 68.0 Å². The average Bonchev–Trinajstić information content (AvgIpc) is 1.70. The van der Waals surface area contributed by atoms with E-state index in [1.54, 1.807) is 114 Å². The summed E-state index contributed by atoms with van der Waals surface area (Å²) in [6.45, 7) is 33.9. The van der Waals surface area contributed by atoms with Crippen LogP contribution in [0.4, 0.5) is 21.9 Å². The van der Waals surface area contributed by atoms with Gasteiger partial charge in [0, 0.05) is 242 Å². The second-order valence-corrected chi connectivity index (χ2v) is 45.9. The number of carbonyl (C=O) groups is 3. The quantitative estimate of drug-likeness (QED) is 0.0115. The molecule has 4 fully saturated rings. The van der Waals surface area contributed by atoms with Crippen LogP contribution in [0.3, 0.4) is 0 Å². The van der Waals surface area contributed by atoms with Crippen molar-refractivity contribution in [3.63, 3.8) is 0 Å². The number of hydrazine groups is 2. The lowest BCUT2D eigenvalue weighted by Crippen LogP contribution is -2.53. The lowest BCUT2D eigenvalue weighted by atomic mass is 10.1. The van der Waals surface area contributed by atoms with E-state index in [4.69, 9.17) is 95.6 Å². The summed E-state index contributed by atoms with van der Waals surface area (Å²) >= 11 is 28.6. The number of nitrogens with two attached hydrogens (primary N) is 1. The number of carbonyl (C=O) groups excluding carboxylic acids is 3. The molecule has 4 aliphatic rings. The topological polar surface area (TPSA) is 368 Å². The molecule has 4 saturated heterocycles. The smallest absolute Gasteiger partial charge is 0.422 e. The zero-order valence-electron chi connectivity index (χ0n) is 83.0. The Hall–Kier alpha value is -12.1. The number of hydrogen-bond donors (Lipinski definition) is 7. The van der Waals surface area contributed by atoms with E-state index in [0.29, 0.717) is 66.3 Å². The number of hydrazone groups is 1. The van der Waals surface area contributed by atoms with E-state index in [2.05, 4.69) is 134 Å². The third-order valence-corrected chi connectivity index (χ3v) is 24.2. The van der Waals surface area contributed by atoms with Gasteiger partial charge in [-0.05, 0) is 172 Å². The highest BCUT2D eigenvalue weighted by Gasteiger charge is 2.28. The summed E-state index contributed by atoms with van der Waals surface area (Å²) in [5.74, 6) is 7.78. The van der Waals surface area contributed by atoms with E-state index in [1.807, 2.05) is 149 Å². The number of benzene rings is 4. The first-order chi connectivity index (χ1) is 68.4. The van der Waals surface area contributed by atoms with Gasteiger partial charge in [-0.1, -0.05) is 88.5 Å². The zero-order valence-corrected chi connectivity index (χ0v) is 88.6. The summed E-state index contributed by atoms with van der Waals surface area (Å²) in [6.07, 6.45) is 24.6. The third kappa shape index (κ3) is 31.7. The number of imidazole rings is 4. The van der Waals surface area contributed by atoms with Gasteiger partial charge in [-0.15, -0.1) is 0 Å². The summed E-state index contributed by atoms with van der Waals surface area (Å²) in [4.78, 5) is 69.2. The molecule has 0 spiro atoms. The first kappa shape index (κ1) is 110. The molecule has 34 nitrogen and oxygen atoms in total. The van der Waals surface area contributed by atoms with Crippen LogP contribution in [0, 0.1) is 0 Å². The van der Waals surface area contributed by atoms with Crippen molar-refractivity contribution in [1.29, 1.82) is 0 Å². The predicted octanol–water partition coefficient (Wildman–Crippen LogP) is 16.6. The Morgan fingerprint density at radius 3 is 1.12 bits per heavy atom. The highest BCUT2D eigenvalue weighted by Crippen LogP contribution is 2.40. The van der Waals surface area contributed by atoms with Gasteiger partial charge in [0.1, 0.15) is 63.1 Å². The number of fused-ring (bicyclic) bond motifs is 4. The number of aromatic nitrogens is 10. The number of aldehydes is 1. The number of pyridine rings is 6. The van der Waals surface area contributed by atoms with Crippen LogP contribution in [0.5, 0.6) is 23.0 Å².